The van der Waals surface area contributed by atoms with E-state index in [4.69, 9.17) is 5.26 Å². The first-order valence-electron chi connectivity index (χ1n) is 9.42. The molecule has 1 aliphatic rings. The molecule has 1 heterocycles. The number of carbonyl (C=O) groups excluding carboxylic acids is 2. The molecule has 3 rings (SSSR count). The molecule has 1 aliphatic heterocycles. The maximum atomic E-state index is 13.4. The molecule has 1 unspecified atom stereocenters. The van der Waals surface area contributed by atoms with Crippen molar-refractivity contribution in [2.24, 2.45) is 0 Å². The Kier molecular flexibility index (Phi) is 6.20. The number of alkyl halides is 3. The lowest BCUT2D eigenvalue weighted by Gasteiger charge is -2.29. The van der Waals surface area contributed by atoms with E-state index < -0.39 is 76.8 Å². The zero-order valence-corrected chi connectivity index (χ0v) is 19.5. The third-order valence-electron chi connectivity index (χ3n) is 5.14. The Morgan fingerprint density at radius 1 is 1.03 bits per heavy atom. The van der Waals surface area contributed by atoms with Gasteiger partial charge in [-0.25, -0.2) is 35.2 Å². The first-order chi connectivity index (χ1) is 15.9. The molecular weight excluding hydrogens is 518 g/mol. The van der Waals surface area contributed by atoms with Crippen molar-refractivity contribution in [3.8, 4) is 6.07 Å². The molecule has 2 aromatic carbocycles. The molecule has 0 radical (unpaired) electrons. The van der Waals surface area contributed by atoms with Gasteiger partial charge in [-0.2, -0.15) is 18.4 Å². The van der Waals surface area contributed by atoms with Crippen LogP contribution in [-0.4, -0.2) is 50.6 Å². The Bertz CT molecular complexity index is 1480. The van der Waals surface area contributed by atoms with Crippen LogP contribution in [0.4, 0.5) is 28.0 Å². The van der Waals surface area contributed by atoms with E-state index in [1.165, 1.54) is 6.07 Å². The number of nitriles is 1. The minimum absolute atomic E-state index is 0.0190. The molecule has 2 aromatic rings. The minimum atomic E-state index is -5.06. The number of amides is 3. The summed E-state index contributed by atoms with van der Waals surface area (Å²) in [6.45, 7) is 0.837. The summed E-state index contributed by atoms with van der Waals surface area (Å²) in [4.78, 5) is 26.0. The summed E-state index contributed by atoms with van der Waals surface area (Å²) in [5.41, 5.74) is -5.62. The van der Waals surface area contributed by atoms with Gasteiger partial charge in [0.25, 0.3) is 5.91 Å². The maximum Gasteiger partial charge on any atom is 0.417 e. The summed E-state index contributed by atoms with van der Waals surface area (Å²) in [7, 11) is -9.14. The van der Waals surface area contributed by atoms with E-state index in [0.717, 1.165) is 37.3 Å². The van der Waals surface area contributed by atoms with Crippen LogP contribution in [0.2, 0.25) is 0 Å². The van der Waals surface area contributed by atoms with Crippen molar-refractivity contribution in [3.63, 3.8) is 0 Å². The fraction of sp³-hybridized carbons (Fsp3) is 0.250. The lowest BCUT2D eigenvalue weighted by molar-refractivity contribution is -0.137. The van der Waals surface area contributed by atoms with Crippen molar-refractivity contribution in [1.82, 2.24) is 4.31 Å². The number of urea groups is 1. The van der Waals surface area contributed by atoms with E-state index in [1.54, 1.807) is 0 Å². The maximum absolute atomic E-state index is 13.4. The Labute approximate surface area is 197 Å². The van der Waals surface area contributed by atoms with Gasteiger partial charge >= 0.3 is 12.2 Å². The molecular formula is C20H15F4N3O6S2. The highest BCUT2D eigenvalue weighted by molar-refractivity contribution is 7.92. The van der Waals surface area contributed by atoms with Gasteiger partial charge < -0.3 is 0 Å². The van der Waals surface area contributed by atoms with E-state index in [9.17, 15) is 44.0 Å². The van der Waals surface area contributed by atoms with Gasteiger partial charge in [0.15, 0.2) is 15.4 Å². The topological polar surface area (TPSA) is 133 Å². The molecule has 0 saturated carbocycles. The number of hydrogen-bond donors (Lipinski definition) is 0. The highest BCUT2D eigenvalue weighted by Crippen LogP contribution is 2.39. The molecule has 1 fully saturated rings. The number of anilines is 1. The molecule has 1 atom stereocenters. The van der Waals surface area contributed by atoms with Gasteiger partial charge in [0.1, 0.15) is 5.82 Å². The van der Waals surface area contributed by atoms with Gasteiger partial charge in [0, 0.05) is 0 Å². The number of rotatable bonds is 5. The number of carbonyl (C=O) groups is 2. The largest absolute Gasteiger partial charge is 0.417 e. The highest BCUT2D eigenvalue weighted by atomic mass is 32.2. The van der Waals surface area contributed by atoms with E-state index in [1.807, 2.05) is 0 Å². The monoisotopic (exact) mass is 533 g/mol. The minimum Gasteiger partial charge on any atom is -0.271 e. The average Bonchev–Trinajstić information content (AvgIpc) is 2.91. The lowest BCUT2D eigenvalue weighted by Crippen LogP contribution is -2.54. The number of sulfone groups is 1. The SMILES string of the molecule is CC1(CS(=O)(=O)c2ccc(F)cc2)C(=O)N(c2ccc(C#N)c(C(F)(F)F)c2)C(=O)N1S(C)(=O)=O. The predicted octanol–water partition coefficient (Wildman–Crippen LogP) is 2.68. The van der Waals surface area contributed by atoms with Gasteiger partial charge in [-0.1, -0.05) is 0 Å². The Morgan fingerprint density at radius 3 is 2.09 bits per heavy atom. The summed E-state index contributed by atoms with van der Waals surface area (Å²) in [6.07, 6.45) is -4.54. The zero-order chi connectivity index (χ0) is 26.6. The van der Waals surface area contributed by atoms with Crippen LogP contribution in [0.1, 0.15) is 18.1 Å². The first kappa shape index (κ1) is 26.1. The summed E-state index contributed by atoms with van der Waals surface area (Å²) < 4.78 is 104. The second kappa shape index (κ2) is 8.31. The molecule has 0 aromatic heterocycles. The molecule has 3 amide bonds. The van der Waals surface area contributed by atoms with Gasteiger partial charge in [0.2, 0.25) is 10.0 Å². The van der Waals surface area contributed by atoms with Crippen LogP contribution < -0.4 is 4.90 Å². The Balaban J connectivity index is 2.18. The van der Waals surface area contributed by atoms with Crippen LogP contribution in [0, 0.1) is 17.1 Å². The standard InChI is InChI=1S/C20H15F4N3O6S2/c1-19(11-35(32,33)15-7-4-13(21)5-8-15)17(28)26(18(29)27(19)34(2,30)31)14-6-3-12(10-25)16(9-14)20(22,23)24/h3-9H,11H2,1-2H3. The molecule has 0 spiro atoms. The molecule has 186 valence electrons. The van der Waals surface area contributed by atoms with Crippen molar-refractivity contribution in [1.29, 1.82) is 5.26 Å². The molecule has 9 nitrogen and oxygen atoms in total. The van der Waals surface area contributed by atoms with Gasteiger partial charge in [-0.3, -0.25) is 4.79 Å². The van der Waals surface area contributed by atoms with Crippen LogP contribution >= 0.6 is 0 Å². The number of hydrogen-bond acceptors (Lipinski definition) is 7. The normalized spacial score (nSPS) is 19.2. The fourth-order valence-electron chi connectivity index (χ4n) is 3.67. The predicted molar refractivity (Wildman–Crippen MR) is 113 cm³/mol. The second-order valence-corrected chi connectivity index (χ2v) is 11.6. The fourth-order valence-corrected chi connectivity index (χ4v) is 6.70. The van der Waals surface area contributed by atoms with E-state index in [2.05, 4.69) is 0 Å². The Morgan fingerprint density at radius 2 is 1.60 bits per heavy atom. The Hall–Kier alpha value is -3.51. The van der Waals surface area contributed by atoms with Gasteiger partial charge in [-0.05, 0) is 49.4 Å². The quantitative estimate of drug-likeness (QED) is 0.328. The van der Waals surface area contributed by atoms with Crippen LogP contribution in [0.15, 0.2) is 47.4 Å². The van der Waals surface area contributed by atoms with E-state index >= 15 is 0 Å². The van der Waals surface area contributed by atoms with Gasteiger partial charge in [0.05, 0.1) is 39.8 Å². The average molecular weight is 533 g/mol. The van der Waals surface area contributed by atoms with E-state index in [-0.39, 0.29) is 9.21 Å². The third-order valence-corrected chi connectivity index (χ3v) is 8.29. The highest BCUT2D eigenvalue weighted by Gasteiger charge is 2.60. The molecule has 1 saturated heterocycles. The van der Waals surface area contributed by atoms with Crippen molar-refractivity contribution < 1.29 is 44.0 Å². The summed E-state index contributed by atoms with van der Waals surface area (Å²) in [5.74, 6) is -3.48. The van der Waals surface area contributed by atoms with Crippen LogP contribution in [0.5, 0.6) is 0 Å². The van der Waals surface area contributed by atoms with Crippen molar-refractivity contribution in [2.75, 3.05) is 16.9 Å². The van der Waals surface area contributed by atoms with Crippen molar-refractivity contribution in [3.05, 3.63) is 59.4 Å². The zero-order valence-electron chi connectivity index (χ0n) is 17.9. The molecule has 35 heavy (non-hydrogen) atoms. The molecule has 0 aliphatic carbocycles. The van der Waals surface area contributed by atoms with E-state index in [0.29, 0.717) is 18.4 Å². The number of nitrogens with zero attached hydrogens (tertiary/aromatic N) is 3. The molecule has 0 N–H and O–H groups in total. The first-order valence-corrected chi connectivity index (χ1v) is 12.9. The summed E-state index contributed by atoms with van der Waals surface area (Å²) in [6, 6.07) is 4.91. The number of halogens is 4. The summed E-state index contributed by atoms with van der Waals surface area (Å²) >= 11 is 0. The smallest absolute Gasteiger partial charge is 0.271 e. The number of imide groups is 1. The lowest BCUT2D eigenvalue weighted by atomic mass is 10.0. The van der Waals surface area contributed by atoms with Crippen molar-refractivity contribution in [2.45, 2.75) is 23.5 Å². The van der Waals surface area contributed by atoms with Crippen molar-refractivity contribution >= 4 is 37.5 Å². The van der Waals surface area contributed by atoms with Crippen LogP contribution in [0.3, 0.4) is 0 Å². The third kappa shape index (κ3) is 4.58. The molecule has 15 heteroatoms. The second-order valence-electron chi connectivity index (χ2n) is 7.78. The number of benzene rings is 2. The molecule has 0 bridgehead atoms. The summed E-state index contributed by atoms with van der Waals surface area (Å²) in [5, 5.41) is 8.95. The number of sulfonamides is 1. The van der Waals surface area contributed by atoms with Crippen LogP contribution in [-0.2, 0) is 30.8 Å². The van der Waals surface area contributed by atoms with Crippen LogP contribution in [0.25, 0.3) is 0 Å². The van der Waals surface area contributed by atoms with Gasteiger partial charge in [-0.15, -0.1) is 0 Å².